The summed E-state index contributed by atoms with van der Waals surface area (Å²) in [6, 6.07) is 12.7. The SMILES string of the molecule is CC(C)c1ccc(Oc2cc(Cl)ccc2C(N)=NO)cc1. The maximum Gasteiger partial charge on any atom is 0.173 e. The van der Waals surface area contributed by atoms with Crippen LogP contribution in [0.2, 0.25) is 5.02 Å². The van der Waals surface area contributed by atoms with Crippen LogP contribution in [0, 0.1) is 0 Å². The largest absolute Gasteiger partial charge is 0.457 e. The van der Waals surface area contributed by atoms with E-state index in [9.17, 15) is 0 Å². The predicted octanol–water partition coefficient (Wildman–Crippen LogP) is 4.35. The fourth-order valence-electron chi connectivity index (χ4n) is 1.89. The number of hydrogen-bond donors (Lipinski definition) is 2. The highest BCUT2D eigenvalue weighted by Crippen LogP contribution is 2.29. The first-order valence-electron chi connectivity index (χ1n) is 6.56. The summed E-state index contributed by atoms with van der Waals surface area (Å²) in [6.45, 7) is 4.26. The van der Waals surface area contributed by atoms with Crippen molar-refractivity contribution in [2.45, 2.75) is 19.8 Å². The highest BCUT2D eigenvalue weighted by atomic mass is 35.5. The Labute approximate surface area is 128 Å². The van der Waals surface area contributed by atoms with Gasteiger partial charge in [0, 0.05) is 11.1 Å². The summed E-state index contributed by atoms with van der Waals surface area (Å²) in [5.41, 5.74) is 7.35. The molecule has 0 saturated heterocycles. The molecule has 0 aliphatic rings. The predicted molar refractivity (Wildman–Crippen MR) is 84.6 cm³/mol. The van der Waals surface area contributed by atoms with Crippen LogP contribution in [-0.4, -0.2) is 11.0 Å². The number of ether oxygens (including phenoxy) is 1. The summed E-state index contributed by atoms with van der Waals surface area (Å²) in [5.74, 6) is 1.53. The van der Waals surface area contributed by atoms with Crippen molar-refractivity contribution in [1.29, 1.82) is 0 Å². The summed E-state index contributed by atoms with van der Waals surface area (Å²) in [7, 11) is 0. The van der Waals surface area contributed by atoms with Crippen molar-refractivity contribution in [1.82, 2.24) is 0 Å². The van der Waals surface area contributed by atoms with Gasteiger partial charge in [-0.05, 0) is 35.7 Å². The minimum absolute atomic E-state index is 0.0273. The number of nitrogens with two attached hydrogens (primary N) is 1. The highest BCUT2D eigenvalue weighted by molar-refractivity contribution is 6.30. The zero-order valence-electron chi connectivity index (χ0n) is 11.9. The highest BCUT2D eigenvalue weighted by Gasteiger charge is 2.10. The molecule has 0 atom stereocenters. The van der Waals surface area contributed by atoms with E-state index in [1.165, 1.54) is 5.56 Å². The van der Waals surface area contributed by atoms with Crippen LogP contribution in [0.4, 0.5) is 0 Å². The van der Waals surface area contributed by atoms with Crippen LogP contribution in [0.5, 0.6) is 11.5 Å². The van der Waals surface area contributed by atoms with Crippen molar-refractivity contribution in [3.63, 3.8) is 0 Å². The summed E-state index contributed by atoms with van der Waals surface area (Å²) >= 11 is 5.97. The number of rotatable bonds is 4. The molecular formula is C16H17ClN2O2. The minimum atomic E-state index is -0.0273. The van der Waals surface area contributed by atoms with Gasteiger partial charge in [0.1, 0.15) is 11.5 Å². The molecule has 5 heteroatoms. The molecule has 0 amide bonds. The molecule has 0 bridgehead atoms. The maximum atomic E-state index is 8.82. The number of benzene rings is 2. The average Bonchev–Trinajstić information content (AvgIpc) is 2.47. The van der Waals surface area contributed by atoms with E-state index in [4.69, 9.17) is 27.3 Å². The van der Waals surface area contributed by atoms with Crippen LogP contribution in [-0.2, 0) is 0 Å². The lowest BCUT2D eigenvalue weighted by Gasteiger charge is -2.12. The zero-order chi connectivity index (χ0) is 15.4. The molecule has 0 aliphatic carbocycles. The normalized spacial score (nSPS) is 11.7. The molecule has 0 unspecified atom stereocenters. The monoisotopic (exact) mass is 304 g/mol. The average molecular weight is 305 g/mol. The van der Waals surface area contributed by atoms with Crippen LogP contribution >= 0.6 is 11.6 Å². The second-order valence-corrected chi connectivity index (χ2v) is 5.39. The standard InChI is InChI=1S/C16H17ClN2O2/c1-10(2)11-3-6-13(7-4-11)21-15-9-12(17)5-8-14(15)16(18)19-20/h3-10,20H,1-2H3,(H2,18,19). The minimum Gasteiger partial charge on any atom is -0.457 e. The van der Waals surface area contributed by atoms with Gasteiger partial charge in [-0.3, -0.25) is 0 Å². The van der Waals surface area contributed by atoms with Crippen LogP contribution in [0.15, 0.2) is 47.6 Å². The summed E-state index contributed by atoms with van der Waals surface area (Å²) in [5, 5.41) is 12.3. The third-order valence-electron chi connectivity index (χ3n) is 3.10. The quantitative estimate of drug-likeness (QED) is 0.382. The van der Waals surface area contributed by atoms with Gasteiger partial charge in [0.05, 0.1) is 5.56 Å². The van der Waals surface area contributed by atoms with Gasteiger partial charge in [0.15, 0.2) is 5.84 Å². The Hall–Kier alpha value is -2.20. The van der Waals surface area contributed by atoms with E-state index in [1.807, 2.05) is 24.3 Å². The number of hydrogen-bond acceptors (Lipinski definition) is 3. The van der Waals surface area contributed by atoms with Crippen molar-refractivity contribution in [3.8, 4) is 11.5 Å². The van der Waals surface area contributed by atoms with Gasteiger partial charge in [0.25, 0.3) is 0 Å². The fraction of sp³-hybridized carbons (Fsp3) is 0.188. The topological polar surface area (TPSA) is 67.8 Å². The van der Waals surface area contributed by atoms with E-state index >= 15 is 0 Å². The Kier molecular flexibility index (Phi) is 4.70. The van der Waals surface area contributed by atoms with E-state index in [0.717, 1.165) is 0 Å². The van der Waals surface area contributed by atoms with Crippen molar-refractivity contribution in [2.24, 2.45) is 10.9 Å². The molecule has 21 heavy (non-hydrogen) atoms. The van der Waals surface area contributed by atoms with Crippen LogP contribution in [0.3, 0.4) is 0 Å². The fourth-order valence-corrected chi connectivity index (χ4v) is 2.06. The van der Waals surface area contributed by atoms with E-state index in [0.29, 0.717) is 28.0 Å². The van der Waals surface area contributed by atoms with E-state index < -0.39 is 0 Å². The van der Waals surface area contributed by atoms with Gasteiger partial charge < -0.3 is 15.7 Å². The Bertz CT molecular complexity index is 652. The van der Waals surface area contributed by atoms with Crippen molar-refractivity contribution in [2.75, 3.05) is 0 Å². The lowest BCUT2D eigenvalue weighted by Crippen LogP contribution is -2.14. The van der Waals surface area contributed by atoms with Gasteiger partial charge in [-0.15, -0.1) is 0 Å². The summed E-state index contributed by atoms with van der Waals surface area (Å²) in [6.07, 6.45) is 0. The first-order valence-corrected chi connectivity index (χ1v) is 6.94. The lowest BCUT2D eigenvalue weighted by atomic mass is 10.0. The van der Waals surface area contributed by atoms with Gasteiger partial charge in [0.2, 0.25) is 0 Å². The van der Waals surface area contributed by atoms with Crippen molar-refractivity contribution < 1.29 is 9.94 Å². The van der Waals surface area contributed by atoms with Gasteiger partial charge in [-0.2, -0.15) is 0 Å². The van der Waals surface area contributed by atoms with Crippen LogP contribution < -0.4 is 10.5 Å². The van der Waals surface area contributed by atoms with Gasteiger partial charge >= 0.3 is 0 Å². The Balaban J connectivity index is 2.32. The summed E-state index contributed by atoms with van der Waals surface area (Å²) < 4.78 is 5.79. The number of halogens is 1. The molecule has 110 valence electrons. The van der Waals surface area contributed by atoms with E-state index in [1.54, 1.807) is 18.2 Å². The molecular weight excluding hydrogens is 288 g/mol. The first-order chi connectivity index (χ1) is 10.0. The third-order valence-corrected chi connectivity index (χ3v) is 3.34. The van der Waals surface area contributed by atoms with E-state index in [-0.39, 0.29) is 5.84 Å². The second kappa shape index (κ2) is 6.50. The number of nitrogens with zero attached hydrogens (tertiary/aromatic N) is 1. The molecule has 0 aliphatic heterocycles. The number of oxime groups is 1. The molecule has 2 aromatic carbocycles. The van der Waals surface area contributed by atoms with Gasteiger partial charge in [-0.25, -0.2) is 0 Å². The molecule has 3 N–H and O–H groups in total. The number of amidine groups is 1. The molecule has 0 saturated carbocycles. The van der Waals surface area contributed by atoms with Gasteiger partial charge in [-0.1, -0.05) is 42.7 Å². The van der Waals surface area contributed by atoms with E-state index in [2.05, 4.69) is 19.0 Å². The van der Waals surface area contributed by atoms with Crippen LogP contribution in [0.1, 0.15) is 30.9 Å². The smallest absolute Gasteiger partial charge is 0.173 e. The molecule has 4 nitrogen and oxygen atoms in total. The van der Waals surface area contributed by atoms with Crippen LogP contribution in [0.25, 0.3) is 0 Å². The second-order valence-electron chi connectivity index (χ2n) is 4.95. The molecule has 0 spiro atoms. The first kappa shape index (κ1) is 15.2. The molecule has 0 radical (unpaired) electrons. The zero-order valence-corrected chi connectivity index (χ0v) is 12.6. The Morgan fingerprint density at radius 1 is 1.19 bits per heavy atom. The molecule has 2 rings (SSSR count). The van der Waals surface area contributed by atoms with Crippen molar-refractivity contribution >= 4 is 17.4 Å². The third kappa shape index (κ3) is 3.67. The molecule has 0 fully saturated rings. The molecule has 0 heterocycles. The lowest BCUT2D eigenvalue weighted by molar-refractivity contribution is 0.318. The molecule has 0 aromatic heterocycles. The Morgan fingerprint density at radius 3 is 2.43 bits per heavy atom. The maximum absolute atomic E-state index is 8.82. The summed E-state index contributed by atoms with van der Waals surface area (Å²) in [4.78, 5) is 0. The molecule has 2 aromatic rings. The van der Waals surface area contributed by atoms with Crippen molar-refractivity contribution in [3.05, 3.63) is 58.6 Å². The Morgan fingerprint density at radius 2 is 1.86 bits per heavy atom.